The number of amides is 1. The van der Waals surface area contributed by atoms with E-state index in [-0.39, 0.29) is 11.9 Å². The van der Waals surface area contributed by atoms with Gasteiger partial charge in [0, 0.05) is 38.9 Å². The van der Waals surface area contributed by atoms with Crippen molar-refractivity contribution >= 4 is 29.0 Å². The summed E-state index contributed by atoms with van der Waals surface area (Å²) in [5.41, 5.74) is 0.803. The van der Waals surface area contributed by atoms with Gasteiger partial charge in [-0.05, 0) is 19.9 Å². The Labute approximate surface area is 124 Å². The van der Waals surface area contributed by atoms with Crippen LogP contribution in [0.2, 0.25) is 5.02 Å². The normalized spacial score (nSPS) is 23.1. The molecule has 0 unspecified atom stereocenters. The second kappa shape index (κ2) is 4.90. The molecule has 0 N–H and O–H groups in total. The zero-order valence-electron chi connectivity index (χ0n) is 12.0. The first kappa shape index (κ1) is 13.6. The molecule has 0 saturated carbocycles. The SMILES string of the molecule is CC(C)N1CCN2c3ncc(Cl)cc3N(C)C(=O)[C@H]2C1. The van der Waals surface area contributed by atoms with Crippen molar-refractivity contribution in [2.24, 2.45) is 0 Å². The molecule has 1 aromatic heterocycles. The molecule has 3 heterocycles. The first-order valence-electron chi connectivity index (χ1n) is 6.93. The molecule has 1 atom stereocenters. The minimum Gasteiger partial charge on any atom is -0.340 e. The Kier molecular flexibility index (Phi) is 3.34. The third-order valence-corrected chi connectivity index (χ3v) is 4.41. The quantitative estimate of drug-likeness (QED) is 0.789. The van der Waals surface area contributed by atoms with Crippen molar-refractivity contribution in [2.45, 2.75) is 25.9 Å². The summed E-state index contributed by atoms with van der Waals surface area (Å²) in [4.78, 5) is 23.2. The number of fused-ring (bicyclic) bond motifs is 3. The molecule has 6 heteroatoms. The molecule has 2 aliphatic heterocycles. The van der Waals surface area contributed by atoms with Crippen molar-refractivity contribution in [1.82, 2.24) is 9.88 Å². The van der Waals surface area contributed by atoms with Crippen LogP contribution in [-0.2, 0) is 4.79 Å². The highest BCUT2D eigenvalue weighted by Crippen LogP contribution is 2.36. The van der Waals surface area contributed by atoms with Crippen LogP contribution >= 0.6 is 11.6 Å². The van der Waals surface area contributed by atoms with Crippen molar-refractivity contribution in [3.63, 3.8) is 0 Å². The van der Waals surface area contributed by atoms with E-state index in [0.717, 1.165) is 31.1 Å². The largest absolute Gasteiger partial charge is 0.340 e. The number of halogens is 1. The van der Waals surface area contributed by atoms with Gasteiger partial charge in [-0.25, -0.2) is 4.98 Å². The number of piperazine rings is 1. The predicted molar refractivity (Wildman–Crippen MR) is 80.5 cm³/mol. The van der Waals surface area contributed by atoms with Crippen molar-refractivity contribution < 1.29 is 4.79 Å². The lowest BCUT2D eigenvalue weighted by atomic mass is 10.1. The number of likely N-dealkylation sites (N-methyl/N-ethyl adjacent to an activating group) is 1. The smallest absolute Gasteiger partial charge is 0.250 e. The molecule has 0 bridgehead atoms. The van der Waals surface area contributed by atoms with Crippen LogP contribution in [0.15, 0.2) is 12.3 Å². The van der Waals surface area contributed by atoms with Crippen molar-refractivity contribution in [2.75, 3.05) is 36.5 Å². The number of carbonyl (C=O) groups is 1. The summed E-state index contributed by atoms with van der Waals surface area (Å²) in [6, 6.07) is 2.12. The Bertz CT molecular complexity index is 548. The summed E-state index contributed by atoms with van der Waals surface area (Å²) < 4.78 is 0. The monoisotopic (exact) mass is 294 g/mol. The molecule has 1 amide bonds. The van der Waals surface area contributed by atoms with Crippen molar-refractivity contribution in [3.05, 3.63) is 17.3 Å². The van der Waals surface area contributed by atoms with E-state index in [2.05, 4.69) is 28.6 Å². The van der Waals surface area contributed by atoms with Crippen LogP contribution in [0.4, 0.5) is 11.5 Å². The topological polar surface area (TPSA) is 39.7 Å². The Morgan fingerprint density at radius 2 is 2.15 bits per heavy atom. The second-order valence-corrected chi connectivity index (χ2v) is 6.13. The predicted octanol–water partition coefficient (Wildman–Crippen LogP) is 1.61. The molecule has 1 saturated heterocycles. The van der Waals surface area contributed by atoms with Crippen LogP contribution < -0.4 is 9.80 Å². The number of rotatable bonds is 1. The zero-order chi connectivity index (χ0) is 14.4. The average molecular weight is 295 g/mol. The van der Waals surface area contributed by atoms with Gasteiger partial charge in [0.15, 0.2) is 5.82 Å². The number of pyridine rings is 1. The average Bonchev–Trinajstić information content (AvgIpc) is 2.44. The maximum Gasteiger partial charge on any atom is 0.250 e. The van der Waals surface area contributed by atoms with E-state index in [1.165, 1.54) is 0 Å². The Morgan fingerprint density at radius 3 is 2.85 bits per heavy atom. The summed E-state index contributed by atoms with van der Waals surface area (Å²) in [6.45, 7) is 6.86. The van der Waals surface area contributed by atoms with Gasteiger partial charge in [0.25, 0.3) is 5.91 Å². The minimum atomic E-state index is -0.141. The van der Waals surface area contributed by atoms with Gasteiger partial charge < -0.3 is 9.80 Å². The molecule has 20 heavy (non-hydrogen) atoms. The highest BCUT2D eigenvalue weighted by Gasteiger charge is 2.41. The van der Waals surface area contributed by atoms with Gasteiger partial charge in [-0.1, -0.05) is 11.6 Å². The van der Waals surface area contributed by atoms with E-state index < -0.39 is 0 Å². The molecule has 0 aliphatic carbocycles. The van der Waals surface area contributed by atoms with Crippen LogP contribution in [0.1, 0.15) is 13.8 Å². The third kappa shape index (κ3) is 2.05. The Morgan fingerprint density at radius 1 is 1.40 bits per heavy atom. The summed E-state index contributed by atoms with van der Waals surface area (Å²) in [7, 11) is 1.80. The van der Waals surface area contributed by atoms with Crippen LogP contribution in [0.5, 0.6) is 0 Å². The van der Waals surface area contributed by atoms with Gasteiger partial charge in [-0.2, -0.15) is 0 Å². The fourth-order valence-corrected chi connectivity index (χ4v) is 3.12. The summed E-state index contributed by atoms with van der Waals surface area (Å²) >= 11 is 6.00. The van der Waals surface area contributed by atoms with Crippen molar-refractivity contribution in [3.8, 4) is 0 Å². The fourth-order valence-electron chi connectivity index (χ4n) is 2.97. The van der Waals surface area contributed by atoms with Crippen LogP contribution in [0.3, 0.4) is 0 Å². The zero-order valence-corrected chi connectivity index (χ0v) is 12.8. The fraction of sp³-hybridized carbons (Fsp3) is 0.571. The van der Waals surface area contributed by atoms with E-state index >= 15 is 0 Å². The number of anilines is 2. The summed E-state index contributed by atoms with van der Waals surface area (Å²) in [5.74, 6) is 0.983. The maximum atomic E-state index is 12.6. The standard InChI is InChI=1S/C14H19ClN4O/c1-9(2)18-4-5-19-12(8-18)14(20)17(3)11-6-10(15)7-16-13(11)19/h6-7,9,12H,4-5,8H2,1-3H3/t12-/m1/s1. The van der Waals surface area contributed by atoms with E-state index in [9.17, 15) is 4.79 Å². The lowest BCUT2D eigenvalue weighted by Crippen LogP contribution is -2.63. The van der Waals surface area contributed by atoms with Gasteiger partial charge >= 0.3 is 0 Å². The number of hydrogen-bond donors (Lipinski definition) is 0. The Hall–Kier alpha value is -1.33. The van der Waals surface area contributed by atoms with Crippen LogP contribution in [-0.4, -0.2) is 54.6 Å². The summed E-state index contributed by atoms with van der Waals surface area (Å²) in [5, 5.41) is 0.558. The molecule has 3 rings (SSSR count). The summed E-state index contributed by atoms with van der Waals surface area (Å²) in [6.07, 6.45) is 1.65. The van der Waals surface area contributed by atoms with Crippen LogP contribution in [0, 0.1) is 0 Å². The van der Waals surface area contributed by atoms with E-state index in [1.54, 1.807) is 18.1 Å². The molecule has 0 radical (unpaired) electrons. The number of aromatic nitrogens is 1. The molecular formula is C14H19ClN4O. The first-order chi connectivity index (χ1) is 9.49. The first-order valence-corrected chi connectivity index (χ1v) is 7.30. The maximum absolute atomic E-state index is 12.6. The number of nitrogens with zero attached hydrogens (tertiary/aromatic N) is 4. The molecule has 1 fully saturated rings. The molecule has 2 aliphatic rings. The minimum absolute atomic E-state index is 0.118. The molecular weight excluding hydrogens is 276 g/mol. The molecule has 0 spiro atoms. The highest BCUT2D eigenvalue weighted by atomic mass is 35.5. The molecule has 1 aromatic rings. The third-order valence-electron chi connectivity index (χ3n) is 4.20. The number of carbonyl (C=O) groups excluding carboxylic acids is 1. The van der Waals surface area contributed by atoms with Gasteiger partial charge in [0.2, 0.25) is 0 Å². The van der Waals surface area contributed by atoms with Gasteiger partial charge in [-0.3, -0.25) is 9.69 Å². The van der Waals surface area contributed by atoms with E-state index in [0.29, 0.717) is 11.1 Å². The molecule has 5 nitrogen and oxygen atoms in total. The van der Waals surface area contributed by atoms with E-state index in [1.807, 2.05) is 6.07 Å². The van der Waals surface area contributed by atoms with Gasteiger partial charge in [-0.15, -0.1) is 0 Å². The number of hydrogen-bond acceptors (Lipinski definition) is 4. The van der Waals surface area contributed by atoms with E-state index in [4.69, 9.17) is 11.6 Å². The second-order valence-electron chi connectivity index (χ2n) is 5.69. The van der Waals surface area contributed by atoms with Gasteiger partial charge in [0.05, 0.1) is 10.7 Å². The highest BCUT2D eigenvalue weighted by molar-refractivity contribution is 6.31. The van der Waals surface area contributed by atoms with Crippen LogP contribution in [0.25, 0.3) is 0 Å². The molecule has 0 aromatic carbocycles. The van der Waals surface area contributed by atoms with Crippen molar-refractivity contribution in [1.29, 1.82) is 0 Å². The lowest BCUT2D eigenvalue weighted by molar-refractivity contribution is -0.121. The van der Waals surface area contributed by atoms with Gasteiger partial charge in [0.1, 0.15) is 6.04 Å². The lowest BCUT2D eigenvalue weighted by Gasteiger charge is -2.47. The Balaban J connectivity index is 1.99. The molecule has 108 valence electrons.